The highest BCUT2D eigenvalue weighted by Gasteiger charge is 2.29. The minimum atomic E-state index is 0.748. The fourth-order valence-electron chi connectivity index (χ4n) is 2.46. The van der Waals surface area contributed by atoms with Gasteiger partial charge in [0.05, 0.1) is 0 Å². The minimum absolute atomic E-state index is 0.748. The monoisotopic (exact) mass is 245 g/mol. The van der Waals surface area contributed by atoms with Crippen molar-refractivity contribution in [3.63, 3.8) is 0 Å². The van der Waals surface area contributed by atoms with Gasteiger partial charge in [-0.3, -0.25) is 0 Å². The second-order valence-corrected chi connectivity index (χ2v) is 5.59. The maximum absolute atomic E-state index is 4.79. The molecular weight excluding hydrogens is 222 g/mol. The molecule has 98 valence electrons. The quantitative estimate of drug-likeness (QED) is 0.835. The van der Waals surface area contributed by atoms with E-state index in [1.165, 1.54) is 36.9 Å². The third-order valence-electron chi connectivity index (χ3n) is 3.96. The largest absolute Gasteiger partial charge is 0.354 e. The molecule has 3 nitrogen and oxygen atoms in total. The smallest absolute Gasteiger partial charge is 0.129 e. The molecule has 1 heterocycles. The Morgan fingerprint density at radius 2 is 2.06 bits per heavy atom. The number of aryl methyl sites for hydroxylation is 1. The molecule has 2 saturated carbocycles. The number of anilines is 1. The Kier molecular flexibility index (Phi) is 3.25. The fourth-order valence-corrected chi connectivity index (χ4v) is 2.46. The molecule has 1 aromatic rings. The molecular formula is C15H23N3. The second-order valence-electron chi connectivity index (χ2n) is 5.59. The highest BCUT2D eigenvalue weighted by molar-refractivity contribution is 5.44. The molecule has 0 saturated heterocycles. The van der Waals surface area contributed by atoms with Crippen LogP contribution in [0.5, 0.6) is 0 Å². The van der Waals surface area contributed by atoms with Crippen molar-refractivity contribution < 1.29 is 0 Å². The molecule has 0 atom stereocenters. The molecule has 0 unspecified atom stereocenters. The number of hydrogen-bond acceptors (Lipinski definition) is 3. The van der Waals surface area contributed by atoms with E-state index in [0.717, 1.165) is 31.0 Å². The Hall–Kier alpha value is -1.09. The van der Waals surface area contributed by atoms with Crippen LogP contribution in [-0.2, 0) is 6.54 Å². The molecule has 0 aromatic carbocycles. The molecule has 0 aliphatic heterocycles. The van der Waals surface area contributed by atoms with Crippen LogP contribution in [0.3, 0.4) is 0 Å². The first kappa shape index (κ1) is 12.0. The van der Waals surface area contributed by atoms with Gasteiger partial charge in [0.1, 0.15) is 5.82 Å². The average Bonchev–Trinajstić information content (AvgIpc) is 3.23. The highest BCUT2D eigenvalue weighted by atomic mass is 15.2. The van der Waals surface area contributed by atoms with E-state index in [9.17, 15) is 0 Å². The van der Waals surface area contributed by atoms with Crippen molar-refractivity contribution in [2.75, 3.05) is 11.4 Å². The van der Waals surface area contributed by atoms with Crippen molar-refractivity contribution in [1.82, 2.24) is 10.3 Å². The summed E-state index contributed by atoms with van der Waals surface area (Å²) in [6.45, 7) is 6.39. The summed E-state index contributed by atoms with van der Waals surface area (Å²) in [6.07, 6.45) is 5.35. The van der Waals surface area contributed by atoms with Crippen LogP contribution in [-0.4, -0.2) is 23.6 Å². The van der Waals surface area contributed by atoms with E-state index in [1.807, 2.05) is 0 Å². The molecule has 2 aliphatic rings. The predicted molar refractivity (Wildman–Crippen MR) is 74.9 cm³/mol. The molecule has 3 rings (SSSR count). The van der Waals surface area contributed by atoms with Crippen LogP contribution in [0, 0.1) is 6.92 Å². The summed E-state index contributed by atoms with van der Waals surface area (Å²) >= 11 is 0. The number of pyridine rings is 1. The zero-order chi connectivity index (χ0) is 12.5. The van der Waals surface area contributed by atoms with Gasteiger partial charge in [0.25, 0.3) is 0 Å². The van der Waals surface area contributed by atoms with Gasteiger partial charge in [-0.2, -0.15) is 0 Å². The standard InChI is InChI=1S/C15H23N3/c1-3-18(14-7-8-14)15-9-4-12(11(2)17-15)10-16-13-5-6-13/h4,9,13-14,16H,3,5-8,10H2,1-2H3. The van der Waals surface area contributed by atoms with Crippen LogP contribution in [0.25, 0.3) is 0 Å². The lowest BCUT2D eigenvalue weighted by Crippen LogP contribution is -2.26. The van der Waals surface area contributed by atoms with E-state index < -0.39 is 0 Å². The van der Waals surface area contributed by atoms with Crippen molar-refractivity contribution >= 4 is 5.82 Å². The van der Waals surface area contributed by atoms with Gasteiger partial charge in [0, 0.05) is 30.9 Å². The lowest BCUT2D eigenvalue weighted by molar-refractivity contribution is 0.681. The SMILES string of the molecule is CCN(c1ccc(CNC2CC2)c(C)n1)C1CC1. The van der Waals surface area contributed by atoms with Crippen LogP contribution < -0.4 is 10.2 Å². The van der Waals surface area contributed by atoms with Gasteiger partial charge in [-0.25, -0.2) is 4.98 Å². The summed E-state index contributed by atoms with van der Waals surface area (Å²) in [5.41, 5.74) is 2.53. The molecule has 0 bridgehead atoms. The molecule has 1 N–H and O–H groups in total. The third kappa shape index (κ3) is 2.66. The summed E-state index contributed by atoms with van der Waals surface area (Å²) in [6, 6.07) is 5.96. The number of nitrogens with zero attached hydrogens (tertiary/aromatic N) is 2. The van der Waals surface area contributed by atoms with Crippen molar-refractivity contribution in [3.8, 4) is 0 Å². The molecule has 0 amide bonds. The lowest BCUT2D eigenvalue weighted by Gasteiger charge is -2.22. The Labute approximate surface area is 110 Å². The fraction of sp³-hybridized carbons (Fsp3) is 0.667. The third-order valence-corrected chi connectivity index (χ3v) is 3.96. The summed E-state index contributed by atoms with van der Waals surface area (Å²) in [7, 11) is 0. The number of rotatable bonds is 6. The maximum atomic E-state index is 4.79. The van der Waals surface area contributed by atoms with Gasteiger partial charge in [0.2, 0.25) is 0 Å². The van der Waals surface area contributed by atoms with Gasteiger partial charge in [-0.1, -0.05) is 6.07 Å². The molecule has 1 aromatic heterocycles. The van der Waals surface area contributed by atoms with Crippen molar-refractivity contribution in [1.29, 1.82) is 0 Å². The van der Waals surface area contributed by atoms with Gasteiger partial charge in [0.15, 0.2) is 0 Å². The number of hydrogen-bond donors (Lipinski definition) is 1. The molecule has 0 spiro atoms. The molecule has 2 fully saturated rings. The Bertz CT molecular complexity index is 422. The predicted octanol–water partition coefficient (Wildman–Crippen LogP) is 2.63. The molecule has 0 radical (unpaired) electrons. The zero-order valence-electron chi connectivity index (χ0n) is 11.4. The topological polar surface area (TPSA) is 28.2 Å². The molecule has 2 aliphatic carbocycles. The van der Waals surface area contributed by atoms with E-state index in [4.69, 9.17) is 4.98 Å². The molecule has 3 heteroatoms. The summed E-state index contributed by atoms with van der Waals surface area (Å²) in [4.78, 5) is 7.23. The van der Waals surface area contributed by atoms with Crippen LogP contribution >= 0.6 is 0 Å². The lowest BCUT2D eigenvalue weighted by atomic mass is 10.2. The van der Waals surface area contributed by atoms with E-state index >= 15 is 0 Å². The minimum Gasteiger partial charge on any atom is -0.354 e. The average molecular weight is 245 g/mol. The van der Waals surface area contributed by atoms with Crippen molar-refractivity contribution in [2.45, 2.75) is 58.2 Å². The number of nitrogens with one attached hydrogen (secondary N) is 1. The van der Waals surface area contributed by atoms with E-state index in [0.29, 0.717) is 0 Å². The van der Waals surface area contributed by atoms with E-state index in [-0.39, 0.29) is 0 Å². The normalized spacial score (nSPS) is 19.0. The first-order chi connectivity index (χ1) is 8.78. The summed E-state index contributed by atoms with van der Waals surface area (Å²) in [5.74, 6) is 1.16. The van der Waals surface area contributed by atoms with Crippen LogP contribution in [0.2, 0.25) is 0 Å². The van der Waals surface area contributed by atoms with Crippen molar-refractivity contribution in [3.05, 3.63) is 23.4 Å². The number of aromatic nitrogens is 1. The first-order valence-corrected chi connectivity index (χ1v) is 7.24. The summed E-state index contributed by atoms with van der Waals surface area (Å²) < 4.78 is 0. The maximum Gasteiger partial charge on any atom is 0.129 e. The Morgan fingerprint density at radius 1 is 1.28 bits per heavy atom. The van der Waals surface area contributed by atoms with Gasteiger partial charge in [-0.05, 0) is 51.2 Å². The highest BCUT2D eigenvalue weighted by Crippen LogP contribution is 2.30. The van der Waals surface area contributed by atoms with E-state index in [2.05, 4.69) is 36.2 Å². The van der Waals surface area contributed by atoms with E-state index in [1.54, 1.807) is 0 Å². The van der Waals surface area contributed by atoms with Crippen LogP contribution in [0.1, 0.15) is 43.9 Å². The van der Waals surface area contributed by atoms with Gasteiger partial charge >= 0.3 is 0 Å². The Balaban J connectivity index is 1.70. The van der Waals surface area contributed by atoms with Crippen LogP contribution in [0.4, 0.5) is 5.82 Å². The van der Waals surface area contributed by atoms with Gasteiger partial charge < -0.3 is 10.2 Å². The second kappa shape index (κ2) is 4.88. The first-order valence-electron chi connectivity index (χ1n) is 7.24. The van der Waals surface area contributed by atoms with Crippen molar-refractivity contribution in [2.24, 2.45) is 0 Å². The Morgan fingerprint density at radius 3 is 2.61 bits per heavy atom. The van der Waals surface area contributed by atoms with Crippen LogP contribution in [0.15, 0.2) is 12.1 Å². The summed E-state index contributed by atoms with van der Waals surface area (Å²) in [5, 5.41) is 3.56. The molecule has 18 heavy (non-hydrogen) atoms. The zero-order valence-corrected chi connectivity index (χ0v) is 11.4. The van der Waals surface area contributed by atoms with Gasteiger partial charge in [-0.15, -0.1) is 0 Å².